The van der Waals surface area contributed by atoms with Crippen LogP contribution in [0, 0.1) is 0 Å². The number of piperazine rings is 1. The van der Waals surface area contributed by atoms with E-state index in [-0.39, 0.29) is 0 Å². The Balaban J connectivity index is 1.89. The average Bonchev–Trinajstić information content (AvgIpc) is 2.40. The second-order valence-electron chi connectivity index (χ2n) is 4.69. The van der Waals surface area contributed by atoms with Crippen molar-refractivity contribution < 1.29 is 0 Å². The molecule has 1 fully saturated rings. The first-order valence-corrected chi connectivity index (χ1v) is 7.60. The van der Waals surface area contributed by atoms with E-state index in [0.717, 1.165) is 19.5 Å². The standard InChI is InChI=1S/C14H22N2S/c1-12(16-9-7-15-8-10-16)11-13-3-5-14(17-2)6-4-13/h3-6,12,15H,7-11H2,1-2H3. The minimum atomic E-state index is 0.650. The van der Waals surface area contributed by atoms with Gasteiger partial charge in [-0.05, 0) is 37.3 Å². The third-order valence-corrected chi connectivity index (χ3v) is 4.21. The SMILES string of the molecule is CSc1ccc(CC(C)N2CCNCC2)cc1. The third-order valence-electron chi connectivity index (χ3n) is 3.47. The summed E-state index contributed by atoms with van der Waals surface area (Å²) in [6, 6.07) is 9.64. The van der Waals surface area contributed by atoms with Crippen molar-refractivity contribution in [2.45, 2.75) is 24.3 Å². The summed E-state index contributed by atoms with van der Waals surface area (Å²) in [4.78, 5) is 3.93. The summed E-state index contributed by atoms with van der Waals surface area (Å²) in [5.41, 5.74) is 1.45. The molecule has 2 nitrogen and oxygen atoms in total. The maximum atomic E-state index is 3.40. The number of rotatable bonds is 4. The zero-order valence-electron chi connectivity index (χ0n) is 10.8. The van der Waals surface area contributed by atoms with Crippen molar-refractivity contribution in [3.05, 3.63) is 29.8 Å². The molecule has 0 aliphatic carbocycles. The highest BCUT2D eigenvalue weighted by Crippen LogP contribution is 2.16. The van der Waals surface area contributed by atoms with Crippen molar-refractivity contribution in [2.24, 2.45) is 0 Å². The Labute approximate surface area is 109 Å². The van der Waals surface area contributed by atoms with Crippen molar-refractivity contribution in [3.63, 3.8) is 0 Å². The maximum absolute atomic E-state index is 3.40. The van der Waals surface area contributed by atoms with E-state index in [1.54, 1.807) is 11.8 Å². The molecule has 17 heavy (non-hydrogen) atoms. The summed E-state index contributed by atoms with van der Waals surface area (Å²) in [6.07, 6.45) is 3.28. The molecule has 1 saturated heterocycles. The number of thioether (sulfide) groups is 1. The molecule has 3 heteroatoms. The Hall–Kier alpha value is -0.510. The van der Waals surface area contributed by atoms with Gasteiger partial charge in [-0.2, -0.15) is 0 Å². The number of hydrogen-bond acceptors (Lipinski definition) is 3. The highest BCUT2D eigenvalue weighted by atomic mass is 32.2. The topological polar surface area (TPSA) is 15.3 Å². The third kappa shape index (κ3) is 3.73. The fourth-order valence-electron chi connectivity index (χ4n) is 2.35. The fraction of sp³-hybridized carbons (Fsp3) is 0.571. The molecule has 1 aliphatic rings. The van der Waals surface area contributed by atoms with Gasteiger partial charge >= 0.3 is 0 Å². The van der Waals surface area contributed by atoms with Crippen molar-refractivity contribution in [3.8, 4) is 0 Å². The molecule has 1 atom stereocenters. The Morgan fingerprint density at radius 2 is 1.88 bits per heavy atom. The number of hydrogen-bond donors (Lipinski definition) is 1. The second-order valence-corrected chi connectivity index (χ2v) is 5.57. The molecule has 0 radical (unpaired) electrons. The molecule has 1 aliphatic heterocycles. The molecule has 1 heterocycles. The Bertz CT molecular complexity index is 331. The Morgan fingerprint density at radius 1 is 1.24 bits per heavy atom. The number of nitrogens with one attached hydrogen (secondary N) is 1. The zero-order valence-corrected chi connectivity index (χ0v) is 11.6. The number of benzene rings is 1. The molecule has 1 aromatic carbocycles. The Kier molecular flexibility index (Phi) is 4.89. The summed E-state index contributed by atoms with van der Waals surface area (Å²) in [7, 11) is 0. The van der Waals surface area contributed by atoms with E-state index >= 15 is 0 Å². The van der Waals surface area contributed by atoms with Crippen LogP contribution in [-0.4, -0.2) is 43.4 Å². The largest absolute Gasteiger partial charge is 0.314 e. The van der Waals surface area contributed by atoms with Crippen molar-refractivity contribution >= 4 is 11.8 Å². The first-order chi connectivity index (χ1) is 8.29. The maximum Gasteiger partial charge on any atom is 0.0110 e. The first-order valence-electron chi connectivity index (χ1n) is 6.37. The van der Waals surface area contributed by atoms with Crippen molar-refractivity contribution in [1.82, 2.24) is 10.2 Å². The van der Waals surface area contributed by atoms with E-state index in [1.807, 2.05) is 0 Å². The molecule has 2 rings (SSSR count). The normalized spacial score (nSPS) is 19.2. The lowest BCUT2D eigenvalue weighted by Gasteiger charge is -2.32. The van der Waals surface area contributed by atoms with Crippen LogP contribution < -0.4 is 5.32 Å². The molecule has 0 aromatic heterocycles. The van der Waals surface area contributed by atoms with Gasteiger partial charge in [0.1, 0.15) is 0 Å². The van der Waals surface area contributed by atoms with Gasteiger partial charge in [0, 0.05) is 37.1 Å². The van der Waals surface area contributed by atoms with E-state index in [2.05, 4.69) is 47.7 Å². The number of nitrogens with zero attached hydrogens (tertiary/aromatic N) is 1. The monoisotopic (exact) mass is 250 g/mol. The van der Waals surface area contributed by atoms with Crippen LogP contribution in [0.4, 0.5) is 0 Å². The molecule has 1 unspecified atom stereocenters. The van der Waals surface area contributed by atoms with Crippen molar-refractivity contribution in [2.75, 3.05) is 32.4 Å². The van der Waals surface area contributed by atoms with E-state index in [0.29, 0.717) is 6.04 Å². The minimum absolute atomic E-state index is 0.650. The molecule has 1 N–H and O–H groups in total. The summed E-state index contributed by atoms with van der Waals surface area (Å²) >= 11 is 1.81. The molecule has 1 aromatic rings. The van der Waals surface area contributed by atoms with Gasteiger partial charge in [0.2, 0.25) is 0 Å². The van der Waals surface area contributed by atoms with Gasteiger partial charge in [-0.25, -0.2) is 0 Å². The van der Waals surface area contributed by atoms with Crippen LogP contribution in [0.5, 0.6) is 0 Å². The fourth-order valence-corrected chi connectivity index (χ4v) is 2.76. The van der Waals surface area contributed by atoms with E-state index in [9.17, 15) is 0 Å². The molecule has 94 valence electrons. The van der Waals surface area contributed by atoms with Crippen LogP contribution in [-0.2, 0) is 6.42 Å². The van der Waals surface area contributed by atoms with Gasteiger partial charge in [0.15, 0.2) is 0 Å². The highest BCUT2D eigenvalue weighted by molar-refractivity contribution is 7.98. The minimum Gasteiger partial charge on any atom is -0.314 e. The summed E-state index contributed by atoms with van der Waals surface area (Å²) in [5, 5.41) is 3.40. The first kappa shape index (κ1) is 12.9. The van der Waals surface area contributed by atoms with Gasteiger partial charge in [-0.3, -0.25) is 4.90 Å². The highest BCUT2D eigenvalue weighted by Gasteiger charge is 2.16. The van der Waals surface area contributed by atoms with Crippen LogP contribution in [0.2, 0.25) is 0 Å². The summed E-state index contributed by atoms with van der Waals surface area (Å²) < 4.78 is 0. The average molecular weight is 250 g/mol. The lowest BCUT2D eigenvalue weighted by atomic mass is 10.1. The van der Waals surface area contributed by atoms with Crippen LogP contribution in [0.25, 0.3) is 0 Å². The van der Waals surface area contributed by atoms with Gasteiger partial charge in [0.25, 0.3) is 0 Å². The smallest absolute Gasteiger partial charge is 0.0110 e. The summed E-state index contributed by atoms with van der Waals surface area (Å²) in [5.74, 6) is 0. The van der Waals surface area contributed by atoms with Gasteiger partial charge in [0.05, 0.1) is 0 Å². The van der Waals surface area contributed by atoms with E-state index < -0.39 is 0 Å². The molecular weight excluding hydrogens is 228 g/mol. The molecule has 0 spiro atoms. The predicted octanol–water partition coefficient (Wildman–Crippen LogP) is 2.24. The van der Waals surface area contributed by atoms with Crippen LogP contribution in [0.1, 0.15) is 12.5 Å². The molecular formula is C14H22N2S. The lowest BCUT2D eigenvalue weighted by molar-refractivity contribution is 0.183. The van der Waals surface area contributed by atoms with Gasteiger partial charge < -0.3 is 5.32 Å². The van der Waals surface area contributed by atoms with Crippen LogP contribution in [0.3, 0.4) is 0 Å². The van der Waals surface area contributed by atoms with Gasteiger partial charge in [-0.15, -0.1) is 11.8 Å². The summed E-state index contributed by atoms with van der Waals surface area (Å²) in [6.45, 7) is 6.98. The zero-order chi connectivity index (χ0) is 12.1. The van der Waals surface area contributed by atoms with E-state index in [1.165, 1.54) is 23.5 Å². The van der Waals surface area contributed by atoms with Crippen LogP contribution in [0.15, 0.2) is 29.2 Å². The van der Waals surface area contributed by atoms with Crippen molar-refractivity contribution in [1.29, 1.82) is 0 Å². The van der Waals surface area contributed by atoms with Crippen LogP contribution >= 0.6 is 11.8 Å². The second kappa shape index (κ2) is 6.43. The van der Waals surface area contributed by atoms with E-state index in [4.69, 9.17) is 0 Å². The van der Waals surface area contributed by atoms with Gasteiger partial charge in [-0.1, -0.05) is 12.1 Å². The molecule has 0 amide bonds. The predicted molar refractivity (Wildman–Crippen MR) is 75.8 cm³/mol. The lowest BCUT2D eigenvalue weighted by Crippen LogP contribution is -2.48. The molecule has 0 bridgehead atoms. The molecule has 0 saturated carbocycles. The Morgan fingerprint density at radius 3 is 2.47 bits per heavy atom. The quantitative estimate of drug-likeness (QED) is 0.825.